The smallest absolute Gasteiger partial charge is 0.257 e. The summed E-state index contributed by atoms with van der Waals surface area (Å²) in [5.41, 5.74) is 1.80. The summed E-state index contributed by atoms with van der Waals surface area (Å²) < 4.78 is 1.49. The Morgan fingerprint density at radius 3 is 2.83 bits per heavy atom. The van der Waals surface area contributed by atoms with Crippen LogP contribution in [-0.4, -0.2) is 15.7 Å². The minimum Gasteiger partial charge on any atom is -0.304 e. The van der Waals surface area contributed by atoms with E-state index in [9.17, 15) is 4.79 Å². The number of nitriles is 1. The number of hydrogen-bond donors (Lipinski definition) is 1. The van der Waals surface area contributed by atoms with Crippen molar-refractivity contribution in [3.63, 3.8) is 0 Å². The van der Waals surface area contributed by atoms with Crippen LogP contribution in [-0.2, 0) is 7.05 Å². The van der Waals surface area contributed by atoms with Crippen LogP contribution >= 0.6 is 0 Å². The summed E-state index contributed by atoms with van der Waals surface area (Å²) in [5, 5.41) is 15.6. The van der Waals surface area contributed by atoms with Crippen LogP contribution in [0.5, 0.6) is 0 Å². The molecule has 1 aromatic heterocycles. The first-order valence-corrected chi connectivity index (χ1v) is 5.42. The minimum atomic E-state index is -0.261. The lowest BCUT2D eigenvalue weighted by Gasteiger charge is -2.05. The number of nitrogens with one attached hydrogen (secondary N) is 1. The Labute approximate surface area is 105 Å². The fourth-order valence-electron chi connectivity index (χ4n) is 1.67. The third-order valence-electron chi connectivity index (χ3n) is 2.57. The van der Waals surface area contributed by atoms with Gasteiger partial charge < -0.3 is 5.32 Å². The van der Waals surface area contributed by atoms with E-state index in [0.29, 0.717) is 11.1 Å². The quantitative estimate of drug-likeness (QED) is 0.870. The molecule has 1 N–H and O–H groups in total. The van der Waals surface area contributed by atoms with Gasteiger partial charge in [0.25, 0.3) is 5.91 Å². The Morgan fingerprint density at radius 2 is 2.17 bits per heavy atom. The highest BCUT2D eigenvalue weighted by molar-refractivity contribution is 6.05. The topological polar surface area (TPSA) is 70.7 Å². The van der Waals surface area contributed by atoms with Crippen LogP contribution in [0.15, 0.2) is 30.5 Å². The van der Waals surface area contributed by atoms with E-state index in [4.69, 9.17) is 5.26 Å². The molecule has 0 fully saturated rings. The van der Waals surface area contributed by atoms with E-state index in [0.717, 1.165) is 5.56 Å². The van der Waals surface area contributed by atoms with Crippen molar-refractivity contribution in [3.8, 4) is 6.07 Å². The van der Waals surface area contributed by atoms with Crippen molar-refractivity contribution < 1.29 is 4.79 Å². The number of amides is 1. The molecule has 0 aliphatic carbocycles. The number of aryl methyl sites for hydroxylation is 2. The van der Waals surface area contributed by atoms with E-state index in [1.165, 1.54) is 4.68 Å². The number of carbonyl (C=O) groups is 1. The van der Waals surface area contributed by atoms with Gasteiger partial charge in [-0.1, -0.05) is 18.2 Å². The number of rotatable bonds is 2. The Bertz CT molecular complexity index is 637. The molecule has 1 amide bonds. The standard InChI is InChI=1S/C13H12N4O/c1-9-5-3-4-6-11(9)13(18)15-12-10(7-14)8-17(2)16-12/h3-6,8H,1-2H3,(H,15,16,18). The van der Waals surface area contributed by atoms with Crippen molar-refractivity contribution in [1.29, 1.82) is 5.26 Å². The number of nitrogens with zero attached hydrogens (tertiary/aromatic N) is 3. The molecule has 0 radical (unpaired) electrons. The van der Waals surface area contributed by atoms with Gasteiger partial charge in [0.15, 0.2) is 5.82 Å². The summed E-state index contributed by atoms with van der Waals surface area (Å²) in [6.45, 7) is 1.86. The largest absolute Gasteiger partial charge is 0.304 e. The van der Waals surface area contributed by atoms with Gasteiger partial charge in [-0.15, -0.1) is 0 Å². The van der Waals surface area contributed by atoms with Crippen molar-refractivity contribution in [3.05, 3.63) is 47.2 Å². The average Bonchev–Trinajstić information content (AvgIpc) is 2.70. The zero-order valence-corrected chi connectivity index (χ0v) is 10.1. The molecule has 0 spiro atoms. The molecular formula is C13H12N4O. The highest BCUT2D eigenvalue weighted by atomic mass is 16.1. The molecule has 0 aliphatic heterocycles. The molecule has 0 saturated heterocycles. The van der Waals surface area contributed by atoms with Crippen molar-refractivity contribution in [2.75, 3.05) is 5.32 Å². The lowest BCUT2D eigenvalue weighted by Crippen LogP contribution is -2.14. The highest BCUT2D eigenvalue weighted by Crippen LogP contribution is 2.14. The lowest BCUT2D eigenvalue weighted by molar-refractivity contribution is 0.102. The van der Waals surface area contributed by atoms with Crippen LogP contribution in [0.1, 0.15) is 21.5 Å². The van der Waals surface area contributed by atoms with Crippen LogP contribution in [0.3, 0.4) is 0 Å². The Balaban J connectivity index is 2.27. The predicted octanol–water partition coefficient (Wildman–Crippen LogP) is 1.85. The lowest BCUT2D eigenvalue weighted by atomic mass is 10.1. The molecule has 0 atom stereocenters. The van der Waals surface area contributed by atoms with Crippen molar-refractivity contribution in [1.82, 2.24) is 9.78 Å². The molecule has 2 rings (SSSR count). The van der Waals surface area contributed by atoms with Gasteiger partial charge in [-0.2, -0.15) is 10.4 Å². The molecule has 5 nitrogen and oxygen atoms in total. The molecular weight excluding hydrogens is 228 g/mol. The number of carbonyl (C=O) groups excluding carboxylic acids is 1. The molecule has 0 bridgehead atoms. The number of aromatic nitrogens is 2. The van der Waals surface area contributed by atoms with Gasteiger partial charge in [0.05, 0.1) is 0 Å². The van der Waals surface area contributed by atoms with Gasteiger partial charge >= 0.3 is 0 Å². The van der Waals surface area contributed by atoms with Crippen LogP contribution in [0.2, 0.25) is 0 Å². The maximum atomic E-state index is 12.0. The summed E-state index contributed by atoms with van der Waals surface area (Å²) >= 11 is 0. The fourth-order valence-corrected chi connectivity index (χ4v) is 1.67. The zero-order chi connectivity index (χ0) is 13.1. The van der Waals surface area contributed by atoms with E-state index in [1.807, 2.05) is 25.1 Å². The van der Waals surface area contributed by atoms with Gasteiger partial charge in [0.2, 0.25) is 0 Å². The maximum absolute atomic E-state index is 12.0. The Kier molecular flexibility index (Phi) is 3.11. The number of benzene rings is 1. The number of anilines is 1. The first-order chi connectivity index (χ1) is 8.61. The Morgan fingerprint density at radius 1 is 1.44 bits per heavy atom. The predicted molar refractivity (Wildman–Crippen MR) is 67.1 cm³/mol. The van der Waals surface area contributed by atoms with Crippen LogP contribution in [0.4, 0.5) is 5.82 Å². The Hall–Kier alpha value is -2.61. The zero-order valence-electron chi connectivity index (χ0n) is 10.1. The summed E-state index contributed by atoms with van der Waals surface area (Å²) in [6, 6.07) is 9.25. The minimum absolute atomic E-state index is 0.261. The second kappa shape index (κ2) is 4.72. The van der Waals surface area contributed by atoms with Gasteiger partial charge in [0.1, 0.15) is 11.6 Å². The van der Waals surface area contributed by atoms with Gasteiger partial charge in [-0.3, -0.25) is 9.48 Å². The summed E-state index contributed by atoms with van der Waals surface area (Å²) in [7, 11) is 1.70. The van der Waals surface area contributed by atoms with Gasteiger partial charge in [0, 0.05) is 18.8 Å². The molecule has 18 heavy (non-hydrogen) atoms. The van der Waals surface area contributed by atoms with E-state index < -0.39 is 0 Å². The summed E-state index contributed by atoms with van der Waals surface area (Å²) in [5.74, 6) is 0.0246. The second-order valence-corrected chi connectivity index (χ2v) is 3.95. The molecule has 1 aromatic carbocycles. The second-order valence-electron chi connectivity index (χ2n) is 3.95. The monoisotopic (exact) mass is 240 g/mol. The first-order valence-electron chi connectivity index (χ1n) is 5.42. The molecule has 2 aromatic rings. The highest BCUT2D eigenvalue weighted by Gasteiger charge is 2.13. The maximum Gasteiger partial charge on any atom is 0.257 e. The molecule has 90 valence electrons. The molecule has 0 unspecified atom stereocenters. The number of hydrogen-bond acceptors (Lipinski definition) is 3. The van der Waals surface area contributed by atoms with Crippen LogP contribution in [0.25, 0.3) is 0 Å². The van der Waals surface area contributed by atoms with Gasteiger partial charge in [-0.05, 0) is 18.6 Å². The van der Waals surface area contributed by atoms with Crippen LogP contribution in [0, 0.1) is 18.3 Å². The van der Waals surface area contributed by atoms with Crippen molar-refractivity contribution in [2.45, 2.75) is 6.92 Å². The average molecular weight is 240 g/mol. The SMILES string of the molecule is Cc1ccccc1C(=O)Nc1nn(C)cc1C#N. The summed E-state index contributed by atoms with van der Waals surface area (Å²) in [4.78, 5) is 12.0. The van der Waals surface area contributed by atoms with Gasteiger partial charge in [-0.25, -0.2) is 0 Å². The fraction of sp³-hybridized carbons (Fsp3) is 0.154. The third-order valence-corrected chi connectivity index (χ3v) is 2.57. The molecule has 1 heterocycles. The van der Waals surface area contributed by atoms with E-state index in [1.54, 1.807) is 25.4 Å². The molecule has 0 aliphatic rings. The normalized spacial score (nSPS) is 9.83. The van der Waals surface area contributed by atoms with Crippen molar-refractivity contribution >= 4 is 11.7 Å². The molecule has 5 heteroatoms. The van der Waals surface area contributed by atoms with Crippen LogP contribution < -0.4 is 5.32 Å². The third kappa shape index (κ3) is 2.23. The van der Waals surface area contributed by atoms with E-state index >= 15 is 0 Å². The summed E-state index contributed by atoms with van der Waals surface area (Å²) in [6.07, 6.45) is 1.56. The molecule has 0 saturated carbocycles. The first kappa shape index (κ1) is 11.9. The van der Waals surface area contributed by atoms with E-state index in [-0.39, 0.29) is 11.7 Å². The van der Waals surface area contributed by atoms with Crippen molar-refractivity contribution in [2.24, 2.45) is 7.05 Å². The van der Waals surface area contributed by atoms with E-state index in [2.05, 4.69) is 10.4 Å².